The molecule has 0 unspecified atom stereocenters. The van der Waals surface area contributed by atoms with Crippen LogP contribution in [0.3, 0.4) is 0 Å². The lowest BCUT2D eigenvalue weighted by molar-refractivity contribution is 0.0697. The van der Waals surface area contributed by atoms with E-state index in [1.807, 2.05) is 0 Å². The van der Waals surface area contributed by atoms with E-state index in [2.05, 4.69) is 0 Å². The molecule has 0 bridgehead atoms. The summed E-state index contributed by atoms with van der Waals surface area (Å²) in [5.41, 5.74) is 6.87. The maximum absolute atomic E-state index is 13.7. The van der Waals surface area contributed by atoms with Crippen molar-refractivity contribution in [1.82, 2.24) is 0 Å². The lowest BCUT2D eigenvalue weighted by atomic mass is 10.1. The van der Waals surface area contributed by atoms with Gasteiger partial charge in [-0.25, -0.2) is 9.18 Å². The maximum Gasteiger partial charge on any atom is 0.337 e. The molecule has 0 heterocycles. The number of nitrogens with two attached hydrogens (primary N) is 1. The van der Waals surface area contributed by atoms with E-state index in [9.17, 15) is 14.3 Å². The van der Waals surface area contributed by atoms with Gasteiger partial charge in [-0.05, 0) is 36.4 Å². The predicted molar refractivity (Wildman–Crippen MR) is 81.3 cm³/mol. The van der Waals surface area contributed by atoms with Crippen LogP contribution in [0.2, 0.25) is 5.02 Å². The molecule has 3 N–H and O–H groups in total. The Labute approximate surface area is 126 Å². The van der Waals surface area contributed by atoms with Crippen LogP contribution in [0.15, 0.2) is 36.4 Å². The van der Waals surface area contributed by atoms with Crippen molar-refractivity contribution in [1.29, 1.82) is 0 Å². The molecule has 21 heavy (non-hydrogen) atoms. The zero-order valence-corrected chi connectivity index (χ0v) is 12.1. The molecule has 6 heteroatoms. The minimum Gasteiger partial charge on any atom is -0.478 e. The van der Waals surface area contributed by atoms with Crippen LogP contribution in [0.1, 0.15) is 15.9 Å². The number of benzene rings is 2. The molecule has 0 aliphatic heterocycles. The van der Waals surface area contributed by atoms with E-state index in [1.54, 1.807) is 24.1 Å². The van der Waals surface area contributed by atoms with E-state index >= 15 is 0 Å². The molecule has 0 aliphatic carbocycles. The average molecular weight is 309 g/mol. The van der Waals surface area contributed by atoms with Crippen molar-refractivity contribution >= 4 is 28.9 Å². The monoisotopic (exact) mass is 308 g/mol. The normalized spacial score (nSPS) is 10.4. The third kappa shape index (κ3) is 3.44. The van der Waals surface area contributed by atoms with Gasteiger partial charge in [0.15, 0.2) is 0 Å². The van der Waals surface area contributed by atoms with Gasteiger partial charge in [0.2, 0.25) is 0 Å². The molecular formula is C15H14ClFN2O2. The number of hydrogen-bond acceptors (Lipinski definition) is 3. The van der Waals surface area contributed by atoms with Crippen LogP contribution in [0.5, 0.6) is 0 Å². The highest BCUT2D eigenvalue weighted by Crippen LogP contribution is 2.25. The van der Waals surface area contributed by atoms with Crippen LogP contribution >= 0.6 is 11.6 Å². The van der Waals surface area contributed by atoms with E-state index in [0.717, 1.165) is 0 Å². The molecule has 2 aromatic rings. The summed E-state index contributed by atoms with van der Waals surface area (Å²) < 4.78 is 13.7. The van der Waals surface area contributed by atoms with Gasteiger partial charge < -0.3 is 15.7 Å². The molecule has 0 aromatic heterocycles. The van der Waals surface area contributed by atoms with Gasteiger partial charge in [-0.2, -0.15) is 0 Å². The predicted octanol–water partition coefficient (Wildman–Crippen LogP) is 3.40. The standard InChI is InChI=1S/C15H14ClFN2O2/c1-19(8-9-6-10(16)2-4-13(9)17)14-5-3-11(18)7-12(14)15(20)21/h2-7H,8,18H2,1H3,(H,20,21). The smallest absolute Gasteiger partial charge is 0.337 e. The number of hydrogen-bond donors (Lipinski definition) is 2. The largest absolute Gasteiger partial charge is 0.478 e. The van der Waals surface area contributed by atoms with Crippen LogP contribution < -0.4 is 10.6 Å². The van der Waals surface area contributed by atoms with Gasteiger partial charge in [0, 0.05) is 29.9 Å². The summed E-state index contributed by atoms with van der Waals surface area (Å²) in [6.45, 7) is 0.191. The average Bonchev–Trinajstić information content (AvgIpc) is 2.42. The molecule has 2 rings (SSSR count). The number of carbonyl (C=O) groups is 1. The second-order valence-electron chi connectivity index (χ2n) is 4.67. The molecule has 0 saturated heterocycles. The van der Waals surface area contributed by atoms with Gasteiger partial charge >= 0.3 is 5.97 Å². The first-order valence-corrected chi connectivity index (χ1v) is 6.54. The van der Waals surface area contributed by atoms with Crippen LogP contribution in [-0.2, 0) is 6.54 Å². The quantitative estimate of drug-likeness (QED) is 0.850. The van der Waals surface area contributed by atoms with Crippen molar-refractivity contribution in [2.24, 2.45) is 0 Å². The zero-order valence-electron chi connectivity index (χ0n) is 11.3. The summed E-state index contributed by atoms with van der Waals surface area (Å²) in [6, 6.07) is 8.85. The fourth-order valence-electron chi connectivity index (χ4n) is 2.06. The molecule has 2 aromatic carbocycles. The summed E-state index contributed by atoms with van der Waals surface area (Å²) in [5.74, 6) is -1.48. The van der Waals surface area contributed by atoms with Gasteiger partial charge in [-0.1, -0.05) is 11.6 Å². The summed E-state index contributed by atoms with van der Waals surface area (Å²) in [6.07, 6.45) is 0. The summed E-state index contributed by atoms with van der Waals surface area (Å²) in [5, 5.41) is 9.65. The van der Waals surface area contributed by atoms with Crippen LogP contribution in [0.25, 0.3) is 0 Å². The lowest BCUT2D eigenvalue weighted by Gasteiger charge is -2.22. The number of rotatable bonds is 4. The Hall–Kier alpha value is -2.27. The number of aromatic carboxylic acids is 1. The number of carboxylic acids is 1. The Morgan fingerprint density at radius 1 is 1.33 bits per heavy atom. The Kier molecular flexibility index (Phi) is 4.33. The van der Waals surface area contributed by atoms with Gasteiger partial charge in [-0.15, -0.1) is 0 Å². The van der Waals surface area contributed by atoms with E-state index in [4.69, 9.17) is 17.3 Å². The molecule has 0 atom stereocenters. The highest BCUT2D eigenvalue weighted by Gasteiger charge is 2.15. The highest BCUT2D eigenvalue weighted by molar-refractivity contribution is 6.30. The molecule has 0 radical (unpaired) electrons. The number of anilines is 2. The van der Waals surface area contributed by atoms with Crippen LogP contribution in [0.4, 0.5) is 15.8 Å². The molecule has 4 nitrogen and oxygen atoms in total. The Balaban J connectivity index is 2.34. The van der Waals surface area contributed by atoms with E-state index < -0.39 is 11.8 Å². The third-order valence-corrected chi connectivity index (χ3v) is 3.31. The first-order valence-electron chi connectivity index (χ1n) is 6.16. The van der Waals surface area contributed by atoms with Gasteiger partial charge in [0.1, 0.15) is 5.82 Å². The first-order chi connectivity index (χ1) is 9.88. The van der Waals surface area contributed by atoms with Crippen LogP contribution in [-0.4, -0.2) is 18.1 Å². The lowest BCUT2D eigenvalue weighted by Crippen LogP contribution is -2.20. The van der Waals surface area contributed by atoms with Crippen molar-refractivity contribution < 1.29 is 14.3 Å². The number of nitrogens with zero attached hydrogens (tertiary/aromatic N) is 1. The summed E-state index contributed by atoms with van der Waals surface area (Å²) in [4.78, 5) is 12.9. The van der Waals surface area contributed by atoms with E-state index in [-0.39, 0.29) is 12.1 Å². The topological polar surface area (TPSA) is 66.6 Å². The molecule has 0 spiro atoms. The second kappa shape index (κ2) is 6.01. The molecule has 110 valence electrons. The van der Waals surface area contributed by atoms with Gasteiger partial charge in [0.05, 0.1) is 11.3 Å². The zero-order chi connectivity index (χ0) is 15.6. The number of nitrogen functional groups attached to an aromatic ring is 1. The van der Waals surface area contributed by atoms with Gasteiger partial charge in [0.25, 0.3) is 0 Å². The third-order valence-electron chi connectivity index (χ3n) is 3.08. The molecule has 0 amide bonds. The van der Waals surface area contributed by atoms with Crippen molar-refractivity contribution in [3.05, 3.63) is 58.4 Å². The molecule has 0 saturated carbocycles. The van der Waals surface area contributed by atoms with Crippen LogP contribution in [0, 0.1) is 5.82 Å². The minimum atomic E-state index is -1.09. The Bertz CT molecular complexity index is 691. The summed E-state index contributed by atoms with van der Waals surface area (Å²) in [7, 11) is 1.68. The molecule has 0 fully saturated rings. The SMILES string of the molecule is CN(Cc1cc(Cl)ccc1F)c1ccc(N)cc1C(=O)O. The summed E-state index contributed by atoms with van der Waals surface area (Å²) >= 11 is 5.85. The van der Waals surface area contributed by atoms with E-state index in [0.29, 0.717) is 22.0 Å². The highest BCUT2D eigenvalue weighted by atomic mass is 35.5. The minimum absolute atomic E-state index is 0.0694. The van der Waals surface area contributed by atoms with Crippen molar-refractivity contribution in [2.75, 3.05) is 17.7 Å². The van der Waals surface area contributed by atoms with E-state index in [1.165, 1.54) is 24.3 Å². The fourth-order valence-corrected chi connectivity index (χ4v) is 2.26. The number of carboxylic acid groups (broad SMARTS) is 1. The fraction of sp³-hybridized carbons (Fsp3) is 0.133. The molecular weight excluding hydrogens is 295 g/mol. The van der Waals surface area contributed by atoms with Crippen molar-refractivity contribution in [3.63, 3.8) is 0 Å². The first kappa shape index (κ1) is 15.1. The Morgan fingerprint density at radius 2 is 2.05 bits per heavy atom. The maximum atomic E-state index is 13.7. The second-order valence-corrected chi connectivity index (χ2v) is 5.11. The van der Waals surface area contributed by atoms with Gasteiger partial charge in [-0.3, -0.25) is 0 Å². The Morgan fingerprint density at radius 3 is 2.71 bits per heavy atom. The van der Waals surface area contributed by atoms with Crippen molar-refractivity contribution in [2.45, 2.75) is 6.54 Å². The molecule has 0 aliphatic rings. The van der Waals surface area contributed by atoms with Crippen molar-refractivity contribution in [3.8, 4) is 0 Å². The number of halogens is 2.